The van der Waals surface area contributed by atoms with Crippen molar-refractivity contribution in [1.82, 2.24) is 19.4 Å². The van der Waals surface area contributed by atoms with Gasteiger partial charge in [0.1, 0.15) is 30.5 Å². The highest BCUT2D eigenvalue weighted by molar-refractivity contribution is 5.89. The third-order valence-corrected chi connectivity index (χ3v) is 6.25. The minimum atomic E-state index is -0.857. The molecule has 0 radical (unpaired) electrons. The molecule has 1 saturated heterocycles. The Morgan fingerprint density at radius 3 is 2.41 bits per heavy atom. The Balaban J connectivity index is 1.55. The number of hydrogen-bond acceptors (Lipinski definition) is 8. The smallest absolute Gasteiger partial charge is 0.254 e. The van der Waals surface area contributed by atoms with Crippen molar-refractivity contribution in [2.75, 3.05) is 20.7 Å². The Bertz CT molecular complexity index is 1440. The molecule has 1 fully saturated rings. The minimum Gasteiger partial charge on any atom is -0.471 e. The first-order valence-electron chi connectivity index (χ1n) is 12.7. The molecule has 0 bridgehead atoms. The summed E-state index contributed by atoms with van der Waals surface area (Å²) in [5, 5.41) is 9.59. The Labute approximate surface area is 226 Å². The van der Waals surface area contributed by atoms with E-state index in [9.17, 15) is 9.90 Å². The molecule has 3 heterocycles. The van der Waals surface area contributed by atoms with Crippen molar-refractivity contribution >= 4 is 29.1 Å². The van der Waals surface area contributed by atoms with Gasteiger partial charge in [0.15, 0.2) is 5.78 Å². The Morgan fingerprint density at radius 2 is 1.77 bits per heavy atom. The van der Waals surface area contributed by atoms with Gasteiger partial charge in [-0.3, -0.25) is 4.79 Å². The number of ketones is 1. The number of hydrogen-bond donors (Lipinski definition) is 1. The van der Waals surface area contributed by atoms with Crippen LogP contribution in [0.25, 0.3) is 11.0 Å². The molecule has 0 amide bonds. The van der Waals surface area contributed by atoms with Crippen molar-refractivity contribution in [1.29, 1.82) is 0 Å². The molecule has 0 saturated carbocycles. The number of ether oxygens (including phenoxy) is 3. The number of carbonyl (C=O) groups excluding carboxylic acids is 1. The summed E-state index contributed by atoms with van der Waals surface area (Å²) in [5.41, 5.74) is 3.88. The third kappa shape index (κ3) is 6.31. The molecule has 2 aromatic carbocycles. The number of aliphatic hydroxyl groups is 1. The first-order valence-corrected chi connectivity index (χ1v) is 12.7. The fraction of sp³-hybridized carbons (Fsp3) is 0.310. The molecule has 5 rings (SSSR count). The predicted molar refractivity (Wildman–Crippen MR) is 146 cm³/mol. The first-order chi connectivity index (χ1) is 19.0. The highest BCUT2D eigenvalue weighted by Gasteiger charge is 2.36. The summed E-state index contributed by atoms with van der Waals surface area (Å²) in [7, 11) is 3.71. The molecule has 1 aliphatic rings. The lowest BCUT2D eigenvalue weighted by atomic mass is 10.1. The summed E-state index contributed by atoms with van der Waals surface area (Å²) in [6, 6.07) is 19.7. The maximum atomic E-state index is 12.4. The van der Waals surface area contributed by atoms with E-state index < -0.39 is 12.2 Å². The van der Waals surface area contributed by atoms with E-state index in [-0.39, 0.29) is 31.5 Å². The van der Waals surface area contributed by atoms with Crippen LogP contribution >= 0.6 is 0 Å². The summed E-state index contributed by atoms with van der Waals surface area (Å²) in [6.07, 6.45) is 2.17. The number of aliphatic hydroxyl groups excluding tert-OH is 1. The number of aliphatic imine (C=N–C) groups is 1. The zero-order chi connectivity index (χ0) is 27.2. The third-order valence-electron chi connectivity index (χ3n) is 6.25. The average molecular weight is 530 g/mol. The summed E-state index contributed by atoms with van der Waals surface area (Å²) in [6.45, 7) is 0.529. The van der Waals surface area contributed by atoms with Gasteiger partial charge in [-0.05, 0) is 11.1 Å². The summed E-state index contributed by atoms with van der Waals surface area (Å²) in [4.78, 5) is 28.0. The maximum absolute atomic E-state index is 12.4. The van der Waals surface area contributed by atoms with E-state index in [2.05, 4.69) is 9.98 Å². The van der Waals surface area contributed by atoms with Gasteiger partial charge in [-0.2, -0.15) is 4.98 Å². The number of benzene rings is 2. The second-order valence-electron chi connectivity index (χ2n) is 9.49. The molecule has 10 nitrogen and oxygen atoms in total. The summed E-state index contributed by atoms with van der Waals surface area (Å²) >= 11 is 0. The van der Waals surface area contributed by atoms with E-state index >= 15 is 0 Å². The maximum Gasteiger partial charge on any atom is 0.254 e. The Kier molecular flexibility index (Phi) is 8.26. The Morgan fingerprint density at radius 1 is 1.08 bits per heavy atom. The van der Waals surface area contributed by atoms with Crippen LogP contribution in [0.4, 0.5) is 5.95 Å². The van der Waals surface area contributed by atoms with E-state index in [1.807, 2.05) is 85.5 Å². The van der Waals surface area contributed by atoms with Gasteiger partial charge in [0.25, 0.3) is 5.95 Å². The van der Waals surface area contributed by atoms with Crippen molar-refractivity contribution in [3.8, 4) is 5.88 Å². The van der Waals surface area contributed by atoms with Crippen LogP contribution in [-0.2, 0) is 34.2 Å². The second-order valence-corrected chi connectivity index (χ2v) is 9.49. The van der Waals surface area contributed by atoms with Crippen LogP contribution in [0.5, 0.6) is 5.88 Å². The molecule has 39 heavy (non-hydrogen) atoms. The lowest BCUT2D eigenvalue weighted by Gasteiger charge is -2.12. The average Bonchev–Trinajstić information content (AvgIpc) is 3.51. The highest BCUT2D eigenvalue weighted by Crippen LogP contribution is 2.38. The summed E-state index contributed by atoms with van der Waals surface area (Å²) in [5.74, 6) is 0.406. The topological polar surface area (TPSA) is 111 Å². The van der Waals surface area contributed by atoms with Crippen molar-refractivity contribution < 1.29 is 24.1 Å². The van der Waals surface area contributed by atoms with Crippen LogP contribution in [-0.4, -0.2) is 63.5 Å². The van der Waals surface area contributed by atoms with Crippen molar-refractivity contribution in [3.63, 3.8) is 0 Å². The molecule has 2 atom stereocenters. The molecule has 1 aliphatic heterocycles. The fourth-order valence-electron chi connectivity index (χ4n) is 4.37. The normalized spacial score (nSPS) is 17.4. The molecule has 4 aromatic rings. The van der Waals surface area contributed by atoms with Crippen LogP contribution in [0.15, 0.2) is 71.9 Å². The van der Waals surface area contributed by atoms with Gasteiger partial charge in [0, 0.05) is 32.3 Å². The van der Waals surface area contributed by atoms with E-state index in [0.717, 1.165) is 11.1 Å². The number of Topliss-reactive ketones (excluding diaryl/α,β-unsaturated/α-hetero) is 1. The molecule has 0 spiro atoms. The number of nitrogens with zero attached hydrogens (tertiary/aromatic N) is 5. The monoisotopic (exact) mass is 529 g/mol. The number of rotatable bonds is 11. The van der Waals surface area contributed by atoms with Gasteiger partial charge >= 0.3 is 0 Å². The minimum absolute atomic E-state index is 0.135. The summed E-state index contributed by atoms with van der Waals surface area (Å²) < 4.78 is 20.1. The van der Waals surface area contributed by atoms with Gasteiger partial charge in [0.2, 0.25) is 5.88 Å². The van der Waals surface area contributed by atoms with Gasteiger partial charge < -0.3 is 28.8 Å². The fourth-order valence-corrected chi connectivity index (χ4v) is 4.37. The van der Waals surface area contributed by atoms with Crippen molar-refractivity contribution in [3.05, 3.63) is 83.6 Å². The van der Waals surface area contributed by atoms with Crippen molar-refractivity contribution in [2.45, 2.75) is 38.6 Å². The van der Waals surface area contributed by atoms with Gasteiger partial charge in [-0.1, -0.05) is 60.7 Å². The van der Waals surface area contributed by atoms with E-state index in [1.54, 1.807) is 11.2 Å². The number of carbonyl (C=O) groups is 1. The van der Waals surface area contributed by atoms with Gasteiger partial charge in [-0.15, -0.1) is 0 Å². The van der Waals surface area contributed by atoms with E-state index in [1.165, 1.54) is 0 Å². The molecule has 202 valence electrons. The molecule has 0 unspecified atom stereocenters. The van der Waals surface area contributed by atoms with Crippen molar-refractivity contribution in [2.24, 2.45) is 4.99 Å². The van der Waals surface area contributed by atoms with Gasteiger partial charge in [0.05, 0.1) is 25.7 Å². The van der Waals surface area contributed by atoms with Crippen LogP contribution in [0.1, 0.15) is 29.2 Å². The van der Waals surface area contributed by atoms with Crippen LogP contribution in [0, 0.1) is 0 Å². The molecular weight excluding hydrogens is 498 g/mol. The first kappa shape index (κ1) is 26.5. The lowest BCUT2D eigenvalue weighted by molar-refractivity contribution is -0.124. The zero-order valence-corrected chi connectivity index (χ0v) is 21.9. The van der Waals surface area contributed by atoms with E-state index in [0.29, 0.717) is 35.7 Å². The molecule has 2 aromatic heterocycles. The molecule has 1 N–H and O–H groups in total. The molecule has 0 aliphatic carbocycles. The second kappa shape index (κ2) is 12.2. The largest absolute Gasteiger partial charge is 0.471 e. The molecule has 10 heteroatoms. The van der Waals surface area contributed by atoms with Crippen LogP contribution < -0.4 is 4.74 Å². The Hall–Kier alpha value is -4.12. The lowest BCUT2D eigenvalue weighted by Crippen LogP contribution is -2.19. The zero-order valence-electron chi connectivity index (χ0n) is 21.9. The van der Waals surface area contributed by atoms with Crippen LogP contribution in [0.2, 0.25) is 0 Å². The quantitative estimate of drug-likeness (QED) is 0.231. The van der Waals surface area contributed by atoms with Crippen LogP contribution in [0.3, 0.4) is 0 Å². The van der Waals surface area contributed by atoms with Gasteiger partial charge in [-0.25, -0.2) is 9.98 Å². The highest BCUT2D eigenvalue weighted by atomic mass is 16.5. The number of fused-ring (bicyclic) bond motifs is 1. The number of aromatic nitrogens is 3. The SMILES string of the molecule is CN(C)/C=N/c1nc(OCc2ccccc2)c2c(n1)c([C@H]1CC(=O)[C@@H](CO)O1)cn2COCc1ccccc1. The predicted octanol–water partition coefficient (Wildman–Crippen LogP) is 3.80. The van der Waals surface area contributed by atoms with E-state index in [4.69, 9.17) is 19.2 Å². The standard InChI is InChI=1S/C29H31N5O5/c1-33(2)18-30-29-31-26-22(24-13-23(36)25(15-35)39-24)14-34(19-37-16-20-9-5-3-6-10-20)27(26)28(32-29)38-17-21-11-7-4-8-12-21/h3-12,14,18,24-25,35H,13,15-17,19H2,1-2H3/b30-18+/t24-,25-/m1/s1. The molecular formula is C29H31N5O5.